The maximum atomic E-state index is 12.3. The third kappa shape index (κ3) is 1.78. The van der Waals surface area contributed by atoms with Gasteiger partial charge in [-0.25, -0.2) is 4.98 Å². The van der Waals surface area contributed by atoms with E-state index in [9.17, 15) is 4.79 Å². The molecule has 1 aromatic heterocycles. The van der Waals surface area contributed by atoms with E-state index in [-0.39, 0.29) is 11.0 Å². The average Bonchev–Trinajstić information content (AvgIpc) is 3.14. The first-order valence-electron chi connectivity index (χ1n) is 6.05. The summed E-state index contributed by atoms with van der Waals surface area (Å²) in [7, 11) is 0. The van der Waals surface area contributed by atoms with E-state index in [1.54, 1.807) is 17.0 Å². The number of aromatic nitrogens is 2. The molecule has 1 aliphatic carbocycles. The van der Waals surface area contributed by atoms with Crippen molar-refractivity contribution in [1.29, 1.82) is 5.26 Å². The fourth-order valence-corrected chi connectivity index (χ4v) is 2.32. The Kier molecular flexibility index (Phi) is 2.41. The summed E-state index contributed by atoms with van der Waals surface area (Å²) in [6.07, 6.45) is 4.17. The zero-order chi connectivity index (χ0) is 12.6. The molecule has 1 aliphatic rings. The van der Waals surface area contributed by atoms with E-state index < -0.39 is 0 Å². The third-order valence-electron chi connectivity index (χ3n) is 3.65. The molecule has 4 nitrogen and oxygen atoms in total. The Labute approximate surface area is 105 Å². The van der Waals surface area contributed by atoms with Crippen LogP contribution in [0, 0.1) is 16.7 Å². The van der Waals surface area contributed by atoms with E-state index in [0.717, 1.165) is 18.4 Å². The molecule has 0 N–H and O–H groups in total. The van der Waals surface area contributed by atoms with Crippen LogP contribution in [-0.4, -0.2) is 9.55 Å². The molecule has 2 aromatic rings. The van der Waals surface area contributed by atoms with Crippen LogP contribution in [0.15, 0.2) is 35.4 Å². The summed E-state index contributed by atoms with van der Waals surface area (Å²) < 4.78 is 1.65. The summed E-state index contributed by atoms with van der Waals surface area (Å²) in [6, 6.07) is 9.56. The molecule has 1 fully saturated rings. The Balaban J connectivity index is 2.01. The Morgan fingerprint density at radius 3 is 2.89 bits per heavy atom. The minimum atomic E-state index is -0.00943. The van der Waals surface area contributed by atoms with E-state index in [1.807, 2.05) is 18.2 Å². The van der Waals surface area contributed by atoms with Crippen molar-refractivity contribution in [3.05, 3.63) is 40.9 Å². The molecule has 0 aliphatic heterocycles. The second-order valence-electron chi connectivity index (χ2n) is 5.03. The second kappa shape index (κ2) is 3.95. The van der Waals surface area contributed by atoms with Crippen LogP contribution in [0.2, 0.25) is 0 Å². The number of para-hydroxylation sites is 1. The van der Waals surface area contributed by atoms with Crippen molar-refractivity contribution in [1.82, 2.24) is 9.55 Å². The van der Waals surface area contributed by atoms with Gasteiger partial charge in [-0.15, -0.1) is 0 Å². The quantitative estimate of drug-likeness (QED) is 0.824. The summed E-state index contributed by atoms with van der Waals surface area (Å²) in [5.41, 5.74) is 0.733. The van der Waals surface area contributed by atoms with Crippen LogP contribution in [-0.2, 0) is 6.54 Å². The molecule has 1 aromatic carbocycles. The summed E-state index contributed by atoms with van der Waals surface area (Å²) in [4.78, 5) is 16.6. The van der Waals surface area contributed by atoms with E-state index >= 15 is 0 Å². The Bertz CT molecular complexity index is 692. The van der Waals surface area contributed by atoms with Crippen molar-refractivity contribution < 1.29 is 0 Å². The van der Waals surface area contributed by atoms with Gasteiger partial charge in [0.1, 0.15) is 0 Å². The van der Waals surface area contributed by atoms with Crippen LogP contribution in [0.1, 0.15) is 19.3 Å². The average molecular weight is 239 g/mol. The predicted molar refractivity (Wildman–Crippen MR) is 67.9 cm³/mol. The molecule has 0 radical (unpaired) electrons. The van der Waals surface area contributed by atoms with Gasteiger partial charge in [-0.05, 0) is 25.0 Å². The minimum absolute atomic E-state index is 0.00943. The third-order valence-corrected chi connectivity index (χ3v) is 3.65. The van der Waals surface area contributed by atoms with Crippen molar-refractivity contribution in [2.45, 2.75) is 25.8 Å². The summed E-state index contributed by atoms with van der Waals surface area (Å²) in [5, 5.41) is 9.45. The Morgan fingerprint density at radius 1 is 1.39 bits per heavy atom. The Hall–Kier alpha value is -2.15. The predicted octanol–water partition coefficient (Wildman–Crippen LogP) is 2.09. The molecule has 0 spiro atoms. The van der Waals surface area contributed by atoms with Crippen molar-refractivity contribution in [3.8, 4) is 6.07 Å². The smallest absolute Gasteiger partial charge is 0.261 e. The Morgan fingerprint density at radius 2 is 2.17 bits per heavy atom. The molecule has 1 heterocycles. The molecule has 0 unspecified atom stereocenters. The molecule has 0 bridgehead atoms. The highest BCUT2D eigenvalue weighted by Gasteiger charge is 2.42. The molecular formula is C14H13N3O. The van der Waals surface area contributed by atoms with Crippen molar-refractivity contribution >= 4 is 10.9 Å². The number of nitrogens with zero attached hydrogens (tertiary/aromatic N) is 3. The van der Waals surface area contributed by atoms with E-state index in [2.05, 4.69) is 11.1 Å². The fraction of sp³-hybridized carbons (Fsp3) is 0.357. The maximum absolute atomic E-state index is 12.3. The van der Waals surface area contributed by atoms with Gasteiger partial charge >= 0.3 is 0 Å². The number of fused-ring (bicyclic) bond motifs is 1. The van der Waals surface area contributed by atoms with E-state index in [4.69, 9.17) is 5.26 Å². The number of benzene rings is 1. The molecular weight excluding hydrogens is 226 g/mol. The maximum Gasteiger partial charge on any atom is 0.261 e. The normalized spacial score (nSPS) is 16.4. The highest BCUT2D eigenvalue weighted by molar-refractivity contribution is 5.76. The lowest BCUT2D eigenvalue weighted by Gasteiger charge is -2.13. The van der Waals surface area contributed by atoms with Crippen LogP contribution in [0.4, 0.5) is 0 Å². The van der Waals surface area contributed by atoms with Gasteiger partial charge in [0.05, 0.1) is 23.3 Å². The van der Waals surface area contributed by atoms with Gasteiger partial charge in [0.15, 0.2) is 0 Å². The molecule has 0 saturated heterocycles. The van der Waals surface area contributed by atoms with Crippen LogP contribution in [0.25, 0.3) is 10.9 Å². The van der Waals surface area contributed by atoms with Crippen LogP contribution in [0.5, 0.6) is 0 Å². The monoisotopic (exact) mass is 239 g/mol. The summed E-state index contributed by atoms with van der Waals surface area (Å²) in [5.74, 6) is 0. The molecule has 3 rings (SSSR count). The minimum Gasteiger partial charge on any atom is -0.298 e. The van der Waals surface area contributed by atoms with Gasteiger partial charge in [0, 0.05) is 18.4 Å². The van der Waals surface area contributed by atoms with Gasteiger partial charge in [-0.2, -0.15) is 5.26 Å². The van der Waals surface area contributed by atoms with Crippen molar-refractivity contribution in [3.63, 3.8) is 0 Å². The summed E-state index contributed by atoms with van der Waals surface area (Å²) in [6.45, 7) is 0.608. The van der Waals surface area contributed by atoms with E-state index in [0.29, 0.717) is 18.4 Å². The molecule has 0 atom stereocenters. The zero-order valence-electron chi connectivity index (χ0n) is 9.97. The first kappa shape index (κ1) is 11.0. The molecule has 0 amide bonds. The van der Waals surface area contributed by atoms with Crippen molar-refractivity contribution in [2.24, 2.45) is 5.41 Å². The molecule has 1 saturated carbocycles. The number of nitriles is 1. The molecule has 4 heteroatoms. The topological polar surface area (TPSA) is 58.7 Å². The van der Waals surface area contributed by atoms with Gasteiger partial charge in [-0.3, -0.25) is 9.36 Å². The fourth-order valence-electron chi connectivity index (χ4n) is 2.32. The zero-order valence-corrected chi connectivity index (χ0v) is 9.97. The van der Waals surface area contributed by atoms with Gasteiger partial charge in [0.2, 0.25) is 0 Å². The molecule has 18 heavy (non-hydrogen) atoms. The van der Waals surface area contributed by atoms with Gasteiger partial charge < -0.3 is 0 Å². The van der Waals surface area contributed by atoms with E-state index in [1.165, 1.54) is 0 Å². The lowest BCUT2D eigenvalue weighted by molar-refractivity contribution is 0.422. The lowest BCUT2D eigenvalue weighted by atomic mass is 10.0. The first-order valence-corrected chi connectivity index (χ1v) is 6.05. The number of rotatable bonds is 3. The molecule has 90 valence electrons. The standard InChI is InChI=1S/C14H13N3O/c15-8-7-14(5-6-14)9-17-10-16-12-4-2-1-3-11(12)13(17)18/h1-4,10H,5-7,9H2. The first-order chi connectivity index (χ1) is 8.74. The van der Waals surface area contributed by atoms with Crippen LogP contribution < -0.4 is 5.56 Å². The lowest BCUT2D eigenvalue weighted by Crippen LogP contribution is -2.25. The summed E-state index contributed by atoms with van der Waals surface area (Å²) >= 11 is 0. The SMILES string of the molecule is N#CCC1(Cn2cnc3ccccc3c2=O)CC1. The number of hydrogen-bond acceptors (Lipinski definition) is 3. The van der Waals surface area contributed by atoms with Crippen LogP contribution >= 0.6 is 0 Å². The highest BCUT2D eigenvalue weighted by atomic mass is 16.1. The van der Waals surface area contributed by atoms with Crippen molar-refractivity contribution in [2.75, 3.05) is 0 Å². The van der Waals surface area contributed by atoms with Crippen LogP contribution in [0.3, 0.4) is 0 Å². The second-order valence-corrected chi connectivity index (χ2v) is 5.03. The number of hydrogen-bond donors (Lipinski definition) is 0. The highest BCUT2D eigenvalue weighted by Crippen LogP contribution is 2.49. The largest absolute Gasteiger partial charge is 0.298 e. The van der Waals surface area contributed by atoms with Gasteiger partial charge in [0.25, 0.3) is 5.56 Å². The van der Waals surface area contributed by atoms with Gasteiger partial charge in [-0.1, -0.05) is 12.1 Å².